The molecule has 3 aromatic heterocycles. The number of nitrogen functional groups attached to an aromatic ring is 1. The second-order valence-electron chi connectivity index (χ2n) is 5.53. The average Bonchev–Trinajstić information content (AvgIpc) is 3.19. The molecule has 27 heavy (non-hydrogen) atoms. The molecule has 3 N–H and O–H groups in total. The highest BCUT2D eigenvalue weighted by molar-refractivity contribution is 7.99. The van der Waals surface area contributed by atoms with Crippen molar-refractivity contribution in [3.8, 4) is 11.5 Å². The van der Waals surface area contributed by atoms with E-state index in [1.807, 2.05) is 12.1 Å². The monoisotopic (exact) mass is 379 g/mol. The van der Waals surface area contributed by atoms with Crippen LogP contribution in [0.2, 0.25) is 0 Å². The van der Waals surface area contributed by atoms with Gasteiger partial charge in [0.05, 0.1) is 6.26 Å². The first kappa shape index (κ1) is 17.0. The van der Waals surface area contributed by atoms with Gasteiger partial charge in [-0.1, -0.05) is 11.8 Å². The lowest BCUT2D eigenvalue weighted by Crippen LogP contribution is -2.01. The Bertz CT molecular complexity index is 1060. The highest BCUT2D eigenvalue weighted by atomic mass is 32.2. The van der Waals surface area contributed by atoms with E-state index < -0.39 is 0 Å². The SMILES string of the molecule is Nc1nc(Nc2ccc(Sc3ccncc3)c(F)c2)cc(-c2ccco2)n1. The van der Waals surface area contributed by atoms with Crippen LogP contribution in [0.3, 0.4) is 0 Å². The van der Waals surface area contributed by atoms with E-state index in [9.17, 15) is 4.39 Å². The van der Waals surface area contributed by atoms with Gasteiger partial charge in [0.25, 0.3) is 0 Å². The van der Waals surface area contributed by atoms with Crippen molar-refractivity contribution in [2.45, 2.75) is 9.79 Å². The normalized spacial score (nSPS) is 10.7. The molecule has 1 aromatic carbocycles. The standard InChI is InChI=1S/C19H14FN5OS/c20-14-10-12(3-4-17(14)27-13-5-7-22-8-6-13)23-18-11-15(24-19(21)25-18)16-2-1-9-26-16/h1-11H,(H3,21,23,24,25). The third kappa shape index (κ3) is 4.06. The summed E-state index contributed by atoms with van der Waals surface area (Å²) in [7, 11) is 0. The molecule has 0 spiro atoms. The van der Waals surface area contributed by atoms with E-state index in [0.29, 0.717) is 27.9 Å². The minimum atomic E-state index is -0.338. The summed E-state index contributed by atoms with van der Waals surface area (Å²) >= 11 is 1.33. The molecular formula is C19H14FN5OS. The van der Waals surface area contributed by atoms with Crippen LogP contribution in [0.25, 0.3) is 11.5 Å². The van der Waals surface area contributed by atoms with Gasteiger partial charge in [-0.05, 0) is 42.5 Å². The van der Waals surface area contributed by atoms with Gasteiger partial charge in [-0.2, -0.15) is 4.98 Å². The number of nitrogens with one attached hydrogen (secondary N) is 1. The van der Waals surface area contributed by atoms with Gasteiger partial charge in [0.2, 0.25) is 5.95 Å². The van der Waals surface area contributed by atoms with E-state index in [1.54, 1.807) is 49.0 Å². The second kappa shape index (κ2) is 7.46. The fraction of sp³-hybridized carbons (Fsp3) is 0. The van der Waals surface area contributed by atoms with Crippen LogP contribution < -0.4 is 11.1 Å². The van der Waals surface area contributed by atoms with Crippen molar-refractivity contribution in [3.05, 3.63) is 73.0 Å². The fourth-order valence-corrected chi connectivity index (χ4v) is 3.23. The largest absolute Gasteiger partial charge is 0.463 e. The van der Waals surface area contributed by atoms with Crippen LogP contribution in [0.5, 0.6) is 0 Å². The predicted octanol–water partition coefficient (Wildman–Crippen LogP) is 4.75. The average molecular weight is 379 g/mol. The smallest absolute Gasteiger partial charge is 0.222 e. The van der Waals surface area contributed by atoms with Gasteiger partial charge in [0.15, 0.2) is 5.76 Å². The molecule has 4 rings (SSSR count). The molecule has 0 unspecified atom stereocenters. The number of furan rings is 1. The maximum atomic E-state index is 14.5. The van der Waals surface area contributed by atoms with Crippen LogP contribution in [0.15, 0.2) is 81.4 Å². The quantitative estimate of drug-likeness (QED) is 0.517. The van der Waals surface area contributed by atoms with Crippen molar-refractivity contribution >= 4 is 29.2 Å². The maximum Gasteiger partial charge on any atom is 0.222 e. The topological polar surface area (TPSA) is 89.9 Å². The van der Waals surface area contributed by atoms with Gasteiger partial charge in [-0.15, -0.1) is 0 Å². The van der Waals surface area contributed by atoms with Gasteiger partial charge in [-0.3, -0.25) is 4.98 Å². The molecule has 8 heteroatoms. The Balaban J connectivity index is 1.56. The number of hydrogen-bond donors (Lipinski definition) is 2. The third-order valence-electron chi connectivity index (χ3n) is 3.60. The molecule has 0 aliphatic heterocycles. The first-order valence-electron chi connectivity index (χ1n) is 8.00. The number of pyridine rings is 1. The first-order valence-corrected chi connectivity index (χ1v) is 8.82. The Morgan fingerprint density at radius 2 is 1.89 bits per heavy atom. The van der Waals surface area contributed by atoms with E-state index in [4.69, 9.17) is 10.2 Å². The number of aromatic nitrogens is 3. The van der Waals surface area contributed by atoms with Crippen molar-refractivity contribution < 1.29 is 8.81 Å². The van der Waals surface area contributed by atoms with Crippen LogP contribution in [0.4, 0.5) is 21.8 Å². The number of anilines is 3. The number of hydrogen-bond acceptors (Lipinski definition) is 7. The van der Waals surface area contributed by atoms with Crippen LogP contribution in [0, 0.1) is 5.82 Å². The molecule has 0 saturated heterocycles. The molecule has 3 heterocycles. The molecule has 0 atom stereocenters. The van der Waals surface area contributed by atoms with Gasteiger partial charge < -0.3 is 15.5 Å². The van der Waals surface area contributed by atoms with Gasteiger partial charge >= 0.3 is 0 Å². The number of nitrogens with zero attached hydrogens (tertiary/aromatic N) is 3. The highest BCUT2D eigenvalue weighted by Crippen LogP contribution is 2.31. The molecule has 0 amide bonds. The van der Waals surface area contributed by atoms with Crippen LogP contribution in [-0.4, -0.2) is 15.0 Å². The van der Waals surface area contributed by atoms with E-state index in [2.05, 4.69) is 20.3 Å². The zero-order chi connectivity index (χ0) is 18.6. The second-order valence-corrected chi connectivity index (χ2v) is 6.64. The Kier molecular flexibility index (Phi) is 4.71. The third-order valence-corrected chi connectivity index (χ3v) is 4.66. The zero-order valence-corrected chi connectivity index (χ0v) is 14.8. The van der Waals surface area contributed by atoms with Gasteiger partial charge in [0.1, 0.15) is 17.3 Å². The molecule has 0 fully saturated rings. The van der Waals surface area contributed by atoms with Gasteiger partial charge in [-0.25, -0.2) is 9.37 Å². The molecule has 0 saturated carbocycles. The van der Waals surface area contributed by atoms with E-state index in [0.717, 1.165) is 4.90 Å². The summed E-state index contributed by atoms with van der Waals surface area (Å²) in [5.74, 6) is 0.775. The highest BCUT2D eigenvalue weighted by Gasteiger charge is 2.10. The lowest BCUT2D eigenvalue weighted by atomic mass is 10.3. The van der Waals surface area contributed by atoms with Crippen LogP contribution in [0.1, 0.15) is 0 Å². The molecule has 0 bridgehead atoms. The zero-order valence-electron chi connectivity index (χ0n) is 14.0. The Morgan fingerprint density at radius 1 is 1.04 bits per heavy atom. The minimum Gasteiger partial charge on any atom is -0.463 e. The van der Waals surface area contributed by atoms with Crippen molar-refractivity contribution in [3.63, 3.8) is 0 Å². The summed E-state index contributed by atoms with van der Waals surface area (Å²) in [5, 5.41) is 3.05. The molecule has 4 aromatic rings. The Labute approximate surface area is 158 Å². The predicted molar refractivity (Wildman–Crippen MR) is 102 cm³/mol. The van der Waals surface area contributed by atoms with Crippen LogP contribution in [-0.2, 0) is 0 Å². The fourth-order valence-electron chi connectivity index (χ4n) is 2.42. The number of rotatable bonds is 5. The first-order chi connectivity index (χ1) is 13.2. The van der Waals surface area contributed by atoms with Crippen molar-refractivity contribution in [2.24, 2.45) is 0 Å². The summed E-state index contributed by atoms with van der Waals surface area (Å²) in [4.78, 5) is 13.7. The molecule has 6 nitrogen and oxygen atoms in total. The minimum absolute atomic E-state index is 0.0942. The summed E-state index contributed by atoms with van der Waals surface area (Å²) in [6.45, 7) is 0. The molecule has 0 radical (unpaired) electrons. The Morgan fingerprint density at radius 3 is 2.63 bits per heavy atom. The van der Waals surface area contributed by atoms with E-state index in [-0.39, 0.29) is 11.8 Å². The summed E-state index contributed by atoms with van der Waals surface area (Å²) in [6.07, 6.45) is 4.90. The molecule has 134 valence electrons. The number of benzene rings is 1. The van der Waals surface area contributed by atoms with Gasteiger partial charge in [0, 0.05) is 33.9 Å². The summed E-state index contributed by atoms with van der Waals surface area (Å²) < 4.78 is 19.8. The number of halogens is 1. The molecule has 0 aliphatic carbocycles. The molecule has 0 aliphatic rings. The summed E-state index contributed by atoms with van der Waals surface area (Å²) in [5.41, 5.74) is 6.87. The van der Waals surface area contributed by atoms with Crippen LogP contribution >= 0.6 is 11.8 Å². The molecular weight excluding hydrogens is 365 g/mol. The maximum absolute atomic E-state index is 14.5. The van der Waals surface area contributed by atoms with Crippen molar-refractivity contribution in [1.29, 1.82) is 0 Å². The van der Waals surface area contributed by atoms with E-state index >= 15 is 0 Å². The van der Waals surface area contributed by atoms with E-state index in [1.165, 1.54) is 17.8 Å². The Hall–Kier alpha value is -3.39. The van der Waals surface area contributed by atoms with Crippen molar-refractivity contribution in [2.75, 3.05) is 11.1 Å². The van der Waals surface area contributed by atoms with Crippen molar-refractivity contribution in [1.82, 2.24) is 15.0 Å². The summed E-state index contributed by atoms with van der Waals surface area (Å²) in [6, 6.07) is 13.8. The lowest BCUT2D eigenvalue weighted by molar-refractivity contribution is 0.580. The number of nitrogens with two attached hydrogens (primary N) is 1. The lowest BCUT2D eigenvalue weighted by Gasteiger charge is -2.09.